The highest BCUT2D eigenvalue weighted by molar-refractivity contribution is 6.68. The van der Waals surface area contributed by atoms with Gasteiger partial charge in [-0.3, -0.25) is 4.79 Å². The number of benzene rings is 2. The lowest BCUT2D eigenvalue weighted by atomic mass is 10.1. The number of amides is 1. The number of carbonyl (C=O) groups excluding carboxylic acids is 1. The van der Waals surface area contributed by atoms with E-state index in [4.69, 9.17) is 16.3 Å². The van der Waals surface area contributed by atoms with Crippen LogP contribution in [0.4, 0.5) is 5.69 Å². The Labute approximate surface area is 182 Å². The van der Waals surface area contributed by atoms with E-state index in [1.807, 2.05) is 43.3 Å². The van der Waals surface area contributed by atoms with Crippen LogP contribution in [0.25, 0.3) is 0 Å². The van der Waals surface area contributed by atoms with E-state index < -0.39 is 0 Å². The van der Waals surface area contributed by atoms with Gasteiger partial charge < -0.3 is 15.4 Å². The Balaban J connectivity index is 1.72. The summed E-state index contributed by atoms with van der Waals surface area (Å²) in [6.45, 7) is 4.19. The minimum Gasteiger partial charge on any atom is -0.497 e. The van der Waals surface area contributed by atoms with Gasteiger partial charge in [0.1, 0.15) is 16.7 Å². The van der Waals surface area contributed by atoms with Gasteiger partial charge >= 0.3 is 0 Å². The summed E-state index contributed by atoms with van der Waals surface area (Å²) >= 11 is 6.15. The minimum atomic E-state index is -0.189. The first kappa shape index (κ1) is 21.7. The van der Waals surface area contributed by atoms with E-state index >= 15 is 0 Å². The highest BCUT2D eigenvalue weighted by Crippen LogP contribution is 2.21. The summed E-state index contributed by atoms with van der Waals surface area (Å²) in [7, 11) is 1.58. The second-order valence-electron chi connectivity index (χ2n) is 7.28. The first-order valence-corrected chi connectivity index (χ1v) is 10.3. The van der Waals surface area contributed by atoms with Gasteiger partial charge in [-0.2, -0.15) is 0 Å². The van der Waals surface area contributed by atoms with Gasteiger partial charge in [0.05, 0.1) is 13.2 Å². The first-order chi connectivity index (χ1) is 14.4. The third-order valence-electron chi connectivity index (χ3n) is 4.77. The molecule has 1 aliphatic heterocycles. The van der Waals surface area contributed by atoms with Crippen molar-refractivity contribution < 1.29 is 9.53 Å². The van der Waals surface area contributed by atoms with Crippen LogP contribution >= 0.6 is 11.6 Å². The molecule has 0 bridgehead atoms. The Kier molecular flexibility index (Phi) is 7.31. The number of rotatable bonds is 6. The molecule has 2 aromatic carbocycles. The van der Waals surface area contributed by atoms with Crippen LogP contribution in [-0.2, 0) is 0 Å². The van der Waals surface area contributed by atoms with E-state index in [1.165, 1.54) is 0 Å². The molecule has 0 fully saturated rings. The summed E-state index contributed by atoms with van der Waals surface area (Å²) in [6, 6.07) is 14.8. The van der Waals surface area contributed by atoms with Crippen LogP contribution < -0.4 is 15.4 Å². The quantitative estimate of drug-likeness (QED) is 0.628. The fourth-order valence-electron chi connectivity index (χ4n) is 3.15. The van der Waals surface area contributed by atoms with Crippen molar-refractivity contribution in [3.8, 4) is 5.75 Å². The van der Waals surface area contributed by atoms with Crippen molar-refractivity contribution in [1.82, 2.24) is 5.32 Å². The number of carbonyl (C=O) groups is 1. The summed E-state index contributed by atoms with van der Waals surface area (Å²) in [5.74, 6) is 1.56. The van der Waals surface area contributed by atoms with Crippen molar-refractivity contribution in [2.45, 2.75) is 26.3 Å². The van der Waals surface area contributed by atoms with Crippen LogP contribution in [0.2, 0.25) is 0 Å². The van der Waals surface area contributed by atoms with Crippen molar-refractivity contribution >= 4 is 28.4 Å². The van der Waals surface area contributed by atoms with Crippen LogP contribution in [0.1, 0.15) is 42.2 Å². The number of aliphatic imine (C=N–C) groups is 1. The fourth-order valence-corrected chi connectivity index (χ4v) is 3.33. The van der Waals surface area contributed by atoms with Gasteiger partial charge in [-0.05, 0) is 67.3 Å². The first-order valence-electron chi connectivity index (χ1n) is 9.89. The van der Waals surface area contributed by atoms with E-state index in [-0.39, 0.29) is 11.9 Å². The molecule has 0 saturated carbocycles. The molecule has 1 aliphatic rings. The molecule has 1 amide bonds. The van der Waals surface area contributed by atoms with Crippen LogP contribution in [0.5, 0.6) is 5.75 Å². The van der Waals surface area contributed by atoms with Gasteiger partial charge in [0.25, 0.3) is 5.91 Å². The molecule has 1 unspecified atom stereocenters. The Morgan fingerprint density at radius 2 is 2.03 bits per heavy atom. The topological polar surface area (TPSA) is 62.7 Å². The number of hydrogen-bond donors (Lipinski definition) is 2. The second kappa shape index (κ2) is 10.1. The summed E-state index contributed by atoms with van der Waals surface area (Å²) in [4.78, 5) is 17.0. The van der Waals surface area contributed by atoms with Crippen LogP contribution in [0.15, 0.2) is 77.6 Å². The zero-order valence-electron chi connectivity index (χ0n) is 17.4. The van der Waals surface area contributed by atoms with Crippen molar-refractivity contribution in [2.24, 2.45) is 10.9 Å². The SMILES string of the molecule is COc1cccc(C(=O)Nc2cccc([C@H](C)NC3=CC(C)C/C=C/C(Cl)=N3)c2)c1. The maximum atomic E-state index is 12.6. The average molecular weight is 424 g/mol. The Bertz CT molecular complexity index is 997. The number of nitrogens with zero attached hydrogens (tertiary/aromatic N) is 1. The molecule has 2 N–H and O–H groups in total. The lowest BCUT2D eigenvalue weighted by Crippen LogP contribution is -2.19. The molecular weight excluding hydrogens is 398 g/mol. The number of anilines is 1. The Morgan fingerprint density at radius 3 is 2.83 bits per heavy atom. The van der Waals surface area contributed by atoms with E-state index in [0.717, 1.165) is 23.5 Å². The van der Waals surface area contributed by atoms with Crippen LogP contribution in [0, 0.1) is 5.92 Å². The van der Waals surface area contributed by atoms with E-state index in [2.05, 4.69) is 28.6 Å². The van der Waals surface area contributed by atoms with Gasteiger partial charge in [0, 0.05) is 11.3 Å². The number of nitrogens with one attached hydrogen (secondary N) is 2. The summed E-state index contributed by atoms with van der Waals surface area (Å²) in [5.41, 5.74) is 2.28. The summed E-state index contributed by atoms with van der Waals surface area (Å²) < 4.78 is 5.19. The number of allylic oxidation sites excluding steroid dienone is 3. The molecule has 0 aromatic heterocycles. The number of halogens is 1. The lowest BCUT2D eigenvalue weighted by Gasteiger charge is -2.19. The maximum absolute atomic E-state index is 12.6. The van der Waals surface area contributed by atoms with Gasteiger partial charge in [0.15, 0.2) is 0 Å². The van der Waals surface area contributed by atoms with E-state index in [9.17, 15) is 4.79 Å². The van der Waals surface area contributed by atoms with Gasteiger partial charge in [-0.1, -0.05) is 42.8 Å². The Morgan fingerprint density at radius 1 is 1.23 bits per heavy atom. The highest BCUT2D eigenvalue weighted by atomic mass is 35.5. The van der Waals surface area contributed by atoms with Crippen molar-refractivity contribution in [3.05, 3.63) is 83.7 Å². The van der Waals surface area contributed by atoms with Gasteiger partial charge in [-0.25, -0.2) is 4.99 Å². The molecule has 0 saturated heterocycles. The lowest BCUT2D eigenvalue weighted by molar-refractivity contribution is 0.102. The molecule has 1 heterocycles. The van der Waals surface area contributed by atoms with E-state index in [1.54, 1.807) is 31.4 Å². The van der Waals surface area contributed by atoms with Crippen LogP contribution in [-0.4, -0.2) is 18.2 Å². The van der Waals surface area contributed by atoms with E-state index in [0.29, 0.717) is 22.4 Å². The molecule has 0 radical (unpaired) electrons. The molecule has 2 aromatic rings. The largest absolute Gasteiger partial charge is 0.497 e. The maximum Gasteiger partial charge on any atom is 0.255 e. The number of methoxy groups -OCH3 is 1. The minimum absolute atomic E-state index is 0.0197. The van der Waals surface area contributed by atoms with Crippen molar-refractivity contribution in [2.75, 3.05) is 12.4 Å². The predicted molar refractivity (Wildman–Crippen MR) is 123 cm³/mol. The third-order valence-corrected chi connectivity index (χ3v) is 4.98. The molecule has 30 heavy (non-hydrogen) atoms. The molecule has 5 nitrogen and oxygen atoms in total. The smallest absolute Gasteiger partial charge is 0.255 e. The Hall–Kier alpha value is -3.05. The predicted octanol–water partition coefficient (Wildman–Crippen LogP) is 5.67. The normalized spacial score (nSPS) is 18.2. The van der Waals surface area contributed by atoms with Gasteiger partial charge in [0.2, 0.25) is 0 Å². The molecule has 2 atom stereocenters. The molecule has 3 rings (SSSR count). The zero-order valence-corrected chi connectivity index (χ0v) is 18.1. The summed E-state index contributed by atoms with van der Waals surface area (Å²) in [5, 5.41) is 6.81. The molecule has 0 spiro atoms. The van der Waals surface area contributed by atoms with Gasteiger partial charge in [-0.15, -0.1) is 0 Å². The summed E-state index contributed by atoms with van der Waals surface area (Å²) in [6.07, 6.45) is 6.85. The molecular formula is C24H26ClN3O2. The standard InChI is InChI=1S/C24H26ClN3O2/c1-16-7-4-12-22(25)28-23(13-16)26-17(2)18-8-5-10-20(14-18)27-24(29)19-9-6-11-21(15-19)30-3/h4-6,8-17,26H,7H2,1-3H3,(H,27,29)/b12-4+,23-13?,28-22?/t16?,17-/m0/s1. The monoisotopic (exact) mass is 423 g/mol. The molecule has 156 valence electrons. The molecule has 0 aliphatic carbocycles. The highest BCUT2D eigenvalue weighted by Gasteiger charge is 2.12. The average Bonchev–Trinajstić information content (AvgIpc) is 2.72. The van der Waals surface area contributed by atoms with Crippen LogP contribution in [0.3, 0.4) is 0 Å². The number of ether oxygens (including phenoxy) is 1. The third kappa shape index (κ3) is 5.97. The number of hydrogen-bond acceptors (Lipinski definition) is 4. The van der Waals surface area contributed by atoms with Crippen molar-refractivity contribution in [3.63, 3.8) is 0 Å². The zero-order chi connectivity index (χ0) is 21.5. The fraction of sp³-hybridized carbons (Fsp3) is 0.250. The second-order valence-corrected chi connectivity index (χ2v) is 7.67. The van der Waals surface area contributed by atoms with Crippen molar-refractivity contribution in [1.29, 1.82) is 0 Å². The molecule has 6 heteroatoms.